The van der Waals surface area contributed by atoms with Crippen LogP contribution in [-0.2, 0) is 9.53 Å². The van der Waals surface area contributed by atoms with Crippen molar-refractivity contribution in [1.82, 2.24) is 4.90 Å². The fourth-order valence-electron chi connectivity index (χ4n) is 3.66. The van der Waals surface area contributed by atoms with Gasteiger partial charge in [0.25, 0.3) is 0 Å². The molecule has 0 amide bonds. The molecule has 90 valence electrons. The van der Waals surface area contributed by atoms with Crippen LogP contribution in [0.25, 0.3) is 0 Å². The molecule has 0 spiro atoms. The molecule has 0 radical (unpaired) electrons. The fraction of sp³-hybridized carbons (Fsp3) is 0.917. The van der Waals surface area contributed by atoms with Crippen molar-refractivity contribution >= 4 is 5.97 Å². The van der Waals surface area contributed by atoms with E-state index in [9.17, 15) is 9.90 Å². The maximum atomic E-state index is 11.6. The second-order valence-electron chi connectivity index (χ2n) is 5.51. The summed E-state index contributed by atoms with van der Waals surface area (Å²) >= 11 is 0. The second-order valence-corrected chi connectivity index (χ2v) is 5.51. The van der Waals surface area contributed by atoms with Gasteiger partial charge in [0.15, 0.2) is 0 Å². The third-order valence-corrected chi connectivity index (χ3v) is 4.67. The molecule has 2 heterocycles. The van der Waals surface area contributed by atoms with Crippen LogP contribution in [0.5, 0.6) is 0 Å². The molecule has 2 saturated heterocycles. The number of ether oxygens (including phenoxy) is 1. The van der Waals surface area contributed by atoms with Crippen molar-refractivity contribution in [3.63, 3.8) is 0 Å². The summed E-state index contributed by atoms with van der Waals surface area (Å²) in [6, 6.07) is 0. The molecule has 16 heavy (non-hydrogen) atoms. The molecule has 4 nitrogen and oxygen atoms in total. The highest BCUT2D eigenvalue weighted by Crippen LogP contribution is 2.41. The number of hydrogen-bond acceptors (Lipinski definition) is 3. The summed E-state index contributed by atoms with van der Waals surface area (Å²) in [4.78, 5) is 13.8. The minimum absolute atomic E-state index is 0.537. The zero-order valence-corrected chi connectivity index (χ0v) is 9.52. The van der Waals surface area contributed by atoms with E-state index in [4.69, 9.17) is 4.74 Å². The molecule has 3 aliphatic rings. The van der Waals surface area contributed by atoms with Crippen molar-refractivity contribution in [3.8, 4) is 0 Å². The molecule has 1 saturated carbocycles. The lowest BCUT2D eigenvalue weighted by molar-refractivity contribution is -0.151. The number of carbonyl (C=O) groups is 1. The topological polar surface area (TPSA) is 49.8 Å². The Balaban J connectivity index is 1.79. The number of carboxylic acid groups (broad SMARTS) is 1. The molecule has 3 rings (SSSR count). The van der Waals surface area contributed by atoms with Crippen LogP contribution >= 0.6 is 0 Å². The summed E-state index contributed by atoms with van der Waals surface area (Å²) in [5.74, 6) is 0.555. The van der Waals surface area contributed by atoms with Crippen LogP contribution < -0.4 is 0 Å². The van der Waals surface area contributed by atoms with Crippen LogP contribution in [0.2, 0.25) is 0 Å². The summed E-state index contributed by atoms with van der Waals surface area (Å²) in [6.07, 6.45) is 3.80. The fourth-order valence-corrected chi connectivity index (χ4v) is 3.66. The van der Waals surface area contributed by atoms with E-state index in [2.05, 4.69) is 4.90 Å². The van der Waals surface area contributed by atoms with Gasteiger partial charge >= 0.3 is 5.97 Å². The van der Waals surface area contributed by atoms with Gasteiger partial charge in [0, 0.05) is 24.9 Å². The predicted octanol–water partition coefficient (Wildman–Crippen LogP) is 0.962. The van der Waals surface area contributed by atoms with E-state index in [-0.39, 0.29) is 0 Å². The summed E-state index contributed by atoms with van der Waals surface area (Å²) in [7, 11) is 0. The van der Waals surface area contributed by atoms with Gasteiger partial charge in [0.1, 0.15) is 5.54 Å². The SMILES string of the molecule is O=C(O)C1(N2C[C@H]3COC[C@H]3C2)CCCC1. The number of nitrogens with zero attached hydrogens (tertiary/aromatic N) is 1. The Kier molecular flexibility index (Phi) is 2.44. The molecular weight excluding hydrogens is 206 g/mol. The van der Waals surface area contributed by atoms with Crippen molar-refractivity contribution < 1.29 is 14.6 Å². The first kappa shape index (κ1) is 10.5. The maximum Gasteiger partial charge on any atom is 0.324 e. The van der Waals surface area contributed by atoms with Crippen LogP contribution in [0, 0.1) is 11.8 Å². The van der Waals surface area contributed by atoms with Crippen LogP contribution in [0.3, 0.4) is 0 Å². The standard InChI is InChI=1S/C12H19NO3/c14-11(15)12(3-1-2-4-12)13-5-9-7-16-8-10(9)6-13/h9-10H,1-8H2,(H,14,15)/t9-,10+. The molecule has 0 unspecified atom stereocenters. The van der Waals surface area contributed by atoms with Gasteiger partial charge in [-0.1, -0.05) is 12.8 Å². The van der Waals surface area contributed by atoms with Crippen molar-refractivity contribution in [3.05, 3.63) is 0 Å². The second kappa shape index (κ2) is 3.70. The van der Waals surface area contributed by atoms with Gasteiger partial charge < -0.3 is 9.84 Å². The molecule has 2 aliphatic heterocycles. The Hall–Kier alpha value is -0.610. The van der Waals surface area contributed by atoms with E-state index in [0.717, 1.165) is 52.0 Å². The first-order valence-electron chi connectivity index (χ1n) is 6.28. The summed E-state index contributed by atoms with van der Waals surface area (Å²) in [5, 5.41) is 9.51. The number of aliphatic carboxylic acids is 1. The number of rotatable bonds is 2. The van der Waals surface area contributed by atoms with E-state index >= 15 is 0 Å². The van der Waals surface area contributed by atoms with Crippen LogP contribution in [0.4, 0.5) is 0 Å². The van der Waals surface area contributed by atoms with Crippen molar-refractivity contribution in [2.45, 2.75) is 31.2 Å². The van der Waals surface area contributed by atoms with Crippen molar-refractivity contribution in [1.29, 1.82) is 0 Å². The third kappa shape index (κ3) is 1.39. The lowest BCUT2D eigenvalue weighted by atomic mass is 9.95. The Morgan fingerprint density at radius 2 is 1.75 bits per heavy atom. The van der Waals surface area contributed by atoms with Gasteiger partial charge in [-0.2, -0.15) is 0 Å². The minimum atomic E-state index is -0.606. The molecular formula is C12H19NO3. The molecule has 1 aliphatic carbocycles. The molecule has 0 aromatic carbocycles. The van der Waals surface area contributed by atoms with E-state index < -0.39 is 11.5 Å². The number of fused-ring (bicyclic) bond motifs is 1. The zero-order chi connectivity index (χ0) is 11.2. The lowest BCUT2D eigenvalue weighted by Crippen LogP contribution is -2.52. The molecule has 0 bridgehead atoms. The van der Waals surface area contributed by atoms with Crippen LogP contribution in [0.15, 0.2) is 0 Å². The monoisotopic (exact) mass is 225 g/mol. The molecule has 0 aromatic rings. The Morgan fingerprint density at radius 1 is 1.19 bits per heavy atom. The lowest BCUT2D eigenvalue weighted by Gasteiger charge is -2.35. The quantitative estimate of drug-likeness (QED) is 0.760. The van der Waals surface area contributed by atoms with Gasteiger partial charge in [-0.15, -0.1) is 0 Å². The van der Waals surface area contributed by atoms with Gasteiger partial charge in [-0.05, 0) is 12.8 Å². The first-order valence-corrected chi connectivity index (χ1v) is 6.28. The van der Waals surface area contributed by atoms with Crippen molar-refractivity contribution in [2.75, 3.05) is 26.3 Å². The van der Waals surface area contributed by atoms with Crippen LogP contribution in [0.1, 0.15) is 25.7 Å². The Morgan fingerprint density at radius 3 is 2.25 bits per heavy atom. The minimum Gasteiger partial charge on any atom is -0.480 e. The molecule has 4 heteroatoms. The summed E-state index contributed by atoms with van der Waals surface area (Å²) < 4.78 is 5.44. The largest absolute Gasteiger partial charge is 0.480 e. The molecule has 1 N–H and O–H groups in total. The van der Waals surface area contributed by atoms with E-state index in [1.165, 1.54) is 0 Å². The van der Waals surface area contributed by atoms with E-state index in [1.807, 2.05) is 0 Å². The van der Waals surface area contributed by atoms with Gasteiger partial charge in [-0.25, -0.2) is 0 Å². The zero-order valence-electron chi connectivity index (χ0n) is 9.52. The summed E-state index contributed by atoms with van der Waals surface area (Å²) in [5.41, 5.74) is -0.537. The van der Waals surface area contributed by atoms with E-state index in [1.54, 1.807) is 0 Å². The first-order chi connectivity index (χ1) is 7.72. The van der Waals surface area contributed by atoms with Gasteiger partial charge in [-0.3, -0.25) is 9.69 Å². The highest BCUT2D eigenvalue weighted by Gasteiger charge is 2.51. The third-order valence-electron chi connectivity index (χ3n) is 4.67. The average molecular weight is 225 g/mol. The Bertz CT molecular complexity index is 287. The smallest absolute Gasteiger partial charge is 0.324 e. The molecule has 3 fully saturated rings. The number of likely N-dealkylation sites (tertiary alicyclic amines) is 1. The highest BCUT2D eigenvalue weighted by atomic mass is 16.5. The van der Waals surface area contributed by atoms with Crippen LogP contribution in [-0.4, -0.2) is 47.8 Å². The Labute approximate surface area is 95.6 Å². The van der Waals surface area contributed by atoms with Crippen molar-refractivity contribution in [2.24, 2.45) is 11.8 Å². The average Bonchev–Trinajstić information content (AvgIpc) is 2.92. The number of hydrogen-bond donors (Lipinski definition) is 1. The van der Waals surface area contributed by atoms with Gasteiger partial charge in [0.05, 0.1) is 13.2 Å². The molecule has 0 aromatic heterocycles. The molecule has 2 atom stereocenters. The highest BCUT2D eigenvalue weighted by molar-refractivity contribution is 5.79. The summed E-state index contributed by atoms with van der Waals surface area (Å²) in [6.45, 7) is 3.52. The van der Waals surface area contributed by atoms with Gasteiger partial charge in [0.2, 0.25) is 0 Å². The normalized spacial score (nSPS) is 37.8. The number of carboxylic acids is 1. The maximum absolute atomic E-state index is 11.6. The predicted molar refractivity (Wildman–Crippen MR) is 58.2 cm³/mol. The van der Waals surface area contributed by atoms with E-state index in [0.29, 0.717) is 11.8 Å².